The van der Waals surface area contributed by atoms with Gasteiger partial charge in [0.15, 0.2) is 0 Å². The van der Waals surface area contributed by atoms with Gasteiger partial charge in [-0.2, -0.15) is 0 Å². The van der Waals surface area contributed by atoms with Crippen LogP contribution in [0, 0.1) is 0 Å². The van der Waals surface area contributed by atoms with Crippen LogP contribution in [0.25, 0.3) is 21.7 Å². The van der Waals surface area contributed by atoms with Crippen molar-refractivity contribution in [3.05, 3.63) is 78.5 Å². The molecule has 0 radical (unpaired) electrons. The molecule has 0 aliphatic rings. The third kappa shape index (κ3) is 3.45. The van der Waals surface area contributed by atoms with E-state index in [1.54, 1.807) is 12.3 Å². The molecule has 0 saturated heterocycles. The number of hydrogen-bond donors (Lipinski definition) is 2. The zero-order valence-electron chi connectivity index (χ0n) is 14.6. The maximum absolute atomic E-state index is 12.3. The van der Waals surface area contributed by atoms with E-state index in [1.165, 1.54) is 0 Å². The van der Waals surface area contributed by atoms with Gasteiger partial charge in [0.2, 0.25) is 0 Å². The molecule has 3 aromatic carbocycles. The molecule has 1 heterocycles. The van der Waals surface area contributed by atoms with E-state index in [0.717, 1.165) is 27.4 Å². The number of carbonyl (C=O) groups is 1. The number of aliphatic hydroxyl groups is 1. The first-order valence-electron chi connectivity index (χ1n) is 8.70. The number of rotatable bonds is 5. The minimum Gasteiger partial charge on any atom is -0.457 e. The van der Waals surface area contributed by atoms with Gasteiger partial charge in [-0.05, 0) is 53.2 Å². The molecule has 0 saturated carbocycles. The number of ether oxygens (including phenoxy) is 1. The highest BCUT2D eigenvalue weighted by molar-refractivity contribution is 6.07. The molecule has 4 rings (SSSR count). The number of aromatic nitrogens is 1. The van der Waals surface area contributed by atoms with Gasteiger partial charge in [0.25, 0.3) is 5.91 Å². The third-order valence-electron chi connectivity index (χ3n) is 4.33. The predicted molar refractivity (Wildman–Crippen MR) is 105 cm³/mol. The number of fused-ring (bicyclic) bond motifs is 2. The van der Waals surface area contributed by atoms with Gasteiger partial charge < -0.3 is 15.2 Å². The quantitative estimate of drug-likeness (QED) is 0.567. The third-order valence-corrected chi connectivity index (χ3v) is 4.33. The number of carbonyl (C=O) groups excluding carboxylic acids is 1. The fraction of sp³-hybridized carbons (Fsp3) is 0.0909. The smallest absolute Gasteiger partial charge is 0.251 e. The number of amides is 1. The van der Waals surface area contributed by atoms with Gasteiger partial charge in [0.05, 0.1) is 12.1 Å². The summed E-state index contributed by atoms with van der Waals surface area (Å²) >= 11 is 0. The van der Waals surface area contributed by atoms with Crippen LogP contribution in [0.5, 0.6) is 11.5 Å². The summed E-state index contributed by atoms with van der Waals surface area (Å²) in [5, 5.41) is 14.3. The van der Waals surface area contributed by atoms with E-state index < -0.39 is 0 Å². The second-order valence-electron chi connectivity index (χ2n) is 6.10. The standard InChI is InChI=1S/C22H18N2O3/c25-13-12-24-22(26)18-6-3-4-15-14-16(8-9-17(15)18)27-21-10-11-23-20-7-2-1-5-19(20)21/h1-11,14,25H,12-13H2,(H,24,26). The molecular formula is C22H18N2O3. The second kappa shape index (κ2) is 7.43. The Hall–Kier alpha value is -3.44. The largest absolute Gasteiger partial charge is 0.457 e. The molecule has 0 aliphatic heterocycles. The maximum atomic E-state index is 12.3. The number of aliphatic hydroxyl groups excluding tert-OH is 1. The van der Waals surface area contributed by atoms with Crippen LogP contribution in [0.4, 0.5) is 0 Å². The summed E-state index contributed by atoms with van der Waals surface area (Å²) in [7, 11) is 0. The summed E-state index contributed by atoms with van der Waals surface area (Å²) in [5.74, 6) is 1.21. The zero-order chi connectivity index (χ0) is 18.6. The van der Waals surface area contributed by atoms with Gasteiger partial charge in [-0.15, -0.1) is 0 Å². The molecule has 0 spiro atoms. The van der Waals surface area contributed by atoms with E-state index in [9.17, 15) is 4.79 Å². The Balaban J connectivity index is 1.69. The SMILES string of the molecule is O=C(NCCO)c1cccc2cc(Oc3ccnc4ccccc34)ccc12. The van der Waals surface area contributed by atoms with Crippen LogP contribution in [-0.4, -0.2) is 29.1 Å². The summed E-state index contributed by atoms with van der Waals surface area (Å²) in [4.78, 5) is 16.6. The number of para-hydroxylation sites is 1. The van der Waals surface area contributed by atoms with Gasteiger partial charge in [-0.1, -0.05) is 24.3 Å². The maximum Gasteiger partial charge on any atom is 0.251 e. The van der Waals surface area contributed by atoms with Gasteiger partial charge in [-0.25, -0.2) is 0 Å². The van der Waals surface area contributed by atoms with E-state index in [0.29, 0.717) is 11.3 Å². The molecule has 5 heteroatoms. The fourth-order valence-electron chi connectivity index (χ4n) is 3.07. The molecule has 0 fully saturated rings. The molecule has 27 heavy (non-hydrogen) atoms. The zero-order valence-corrected chi connectivity index (χ0v) is 14.6. The molecule has 0 aliphatic carbocycles. The monoisotopic (exact) mass is 358 g/mol. The molecular weight excluding hydrogens is 340 g/mol. The summed E-state index contributed by atoms with van der Waals surface area (Å²) in [6, 6.07) is 20.8. The van der Waals surface area contributed by atoms with E-state index >= 15 is 0 Å². The summed E-state index contributed by atoms with van der Waals surface area (Å²) in [5.41, 5.74) is 1.44. The predicted octanol–water partition coefficient (Wildman–Crippen LogP) is 3.90. The van der Waals surface area contributed by atoms with Gasteiger partial charge >= 0.3 is 0 Å². The first kappa shape index (κ1) is 17.0. The Morgan fingerprint density at radius 1 is 1.00 bits per heavy atom. The minimum absolute atomic E-state index is 0.0889. The topological polar surface area (TPSA) is 71.5 Å². The number of pyridine rings is 1. The molecule has 0 unspecified atom stereocenters. The second-order valence-corrected chi connectivity index (χ2v) is 6.10. The van der Waals surface area contributed by atoms with Crippen LogP contribution < -0.4 is 10.1 Å². The number of hydrogen-bond acceptors (Lipinski definition) is 4. The summed E-state index contributed by atoms with van der Waals surface area (Å²) in [6.45, 7) is 0.139. The van der Waals surface area contributed by atoms with Crippen LogP contribution in [-0.2, 0) is 0 Å². The lowest BCUT2D eigenvalue weighted by Crippen LogP contribution is -2.26. The number of nitrogens with zero attached hydrogens (tertiary/aromatic N) is 1. The Kier molecular flexibility index (Phi) is 4.68. The Bertz CT molecular complexity index is 1120. The molecule has 134 valence electrons. The molecule has 0 atom stereocenters. The van der Waals surface area contributed by atoms with Crippen LogP contribution in [0.1, 0.15) is 10.4 Å². The molecule has 1 amide bonds. The van der Waals surface area contributed by atoms with Crippen LogP contribution in [0.3, 0.4) is 0 Å². The van der Waals surface area contributed by atoms with E-state index in [-0.39, 0.29) is 19.1 Å². The Morgan fingerprint density at radius 2 is 1.89 bits per heavy atom. The minimum atomic E-state index is -0.205. The van der Waals surface area contributed by atoms with Crippen LogP contribution >= 0.6 is 0 Å². The van der Waals surface area contributed by atoms with Crippen molar-refractivity contribution in [2.24, 2.45) is 0 Å². The first-order valence-corrected chi connectivity index (χ1v) is 8.70. The number of benzene rings is 3. The van der Waals surface area contributed by atoms with Crippen molar-refractivity contribution in [3.63, 3.8) is 0 Å². The lowest BCUT2D eigenvalue weighted by Gasteiger charge is -2.11. The van der Waals surface area contributed by atoms with E-state index in [2.05, 4.69) is 10.3 Å². The first-order chi connectivity index (χ1) is 13.3. The van der Waals surface area contributed by atoms with Gasteiger partial charge in [0.1, 0.15) is 11.5 Å². The Labute approximate surface area is 156 Å². The van der Waals surface area contributed by atoms with Crippen molar-refractivity contribution in [2.45, 2.75) is 0 Å². The lowest BCUT2D eigenvalue weighted by molar-refractivity contribution is 0.0946. The van der Waals surface area contributed by atoms with Crippen LogP contribution in [0.15, 0.2) is 72.9 Å². The highest BCUT2D eigenvalue weighted by atomic mass is 16.5. The molecule has 4 aromatic rings. The van der Waals surface area contributed by atoms with E-state index in [4.69, 9.17) is 9.84 Å². The lowest BCUT2D eigenvalue weighted by atomic mass is 10.0. The normalized spacial score (nSPS) is 10.9. The van der Waals surface area contributed by atoms with Crippen molar-refractivity contribution in [1.29, 1.82) is 0 Å². The fourth-order valence-corrected chi connectivity index (χ4v) is 3.07. The van der Waals surface area contributed by atoms with Crippen molar-refractivity contribution in [1.82, 2.24) is 10.3 Å². The highest BCUT2D eigenvalue weighted by Crippen LogP contribution is 2.31. The van der Waals surface area contributed by atoms with Gasteiger partial charge in [0, 0.05) is 23.7 Å². The summed E-state index contributed by atoms with van der Waals surface area (Å²) < 4.78 is 6.09. The number of nitrogens with one attached hydrogen (secondary N) is 1. The summed E-state index contributed by atoms with van der Waals surface area (Å²) in [6.07, 6.45) is 1.72. The van der Waals surface area contributed by atoms with Crippen molar-refractivity contribution >= 4 is 27.6 Å². The molecule has 5 nitrogen and oxygen atoms in total. The van der Waals surface area contributed by atoms with Crippen molar-refractivity contribution in [3.8, 4) is 11.5 Å². The van der Waals surface area contributed by atoms with Crippen molar-refractivity contribution < 1.29 is 14.6 Å². The van der Waals surface area contributed by atoms with Gasteiger partial charge in [-0.3, -0.25) is 9.78 Å². The van der Waals surface area contributed by atoms with E-state index in [1.807, 2.05) is 60.7 Å². The highest BCUT2D eigenvalue weighted by Gasteiger charge is 2.11. The molecule has 1 aromatic heterocycles. The van der Waals surface area contributed by atoms with Crippen LogP contribution in [0.2, 0.25) is 0 Å². The molecule has 2 N–H and O–H groups in total. The van der Waals surface area contributed by atoms with Crippen molar-refractivity contribution in [2.75, 3.05) is 13.2 Å². The average Bonchev–Trinajstić information content (AvgIpc) is 2.71. The molecule has 0 bridgehead atoms. The average molecular weight is 358 g/mol. The Morgan fingerprint density at radius 3 is 2.78 bits per heavy atom.